The predicted molar refractivity (Wildman–Crippen MR) is 113 cm³/mol. The third-order valence-corrected chi connectivity index (χ3v) is 6.19. The smallest absolute Gasteiger partial charge is 0.261 e. The molecule has 2 saturated carbocycles. The molecule has 2 aliphatic carbocycles. The number of carbonyl (C=O) groups excluding carboxylic acids is 1. The van der Waals surface area contributed by atoms with Crippen LogP contribution in [-0.4, -0.2) is 42.2 Å². The van der Waals surface area contributed by atoms with Crippen molar-refractivity contribution in [1.29, 1.82) is 0 Å². The van der Waals surface area contributed by atoms with Crippen LogP contribution in [0.25, 0.3) is 0 Å². The van der Waals surface area contributed by atoms with Crippen LogP contribution in [0.15, 0.2) is 30.6 Å². The van der Waals surface area contributed by atoms with Gasteiger partial charge in [-0.25, -0.2) is 0 Å². The fourth-order valence-electron chi connectivity index (χ4n) is 3.75. The molecule has 156 valence electrons. The van der Waals surface area contributed by atoms with Crippen molar-refractivity contribution in [2.75, 3.05) is 25.2 Å². The second kappa shape index (κ2) is 7.57. The van der Waals surface area contributed by atoms with E-state index in [1.54, 1.807) is 29.0 Å². The van der Waals surface area contributed by atoms with Crippen LogP contribution in [0.2, 0.25) is 0 Å². The molecule has 1 spiro atoms. The zero-order chi connectivity index (χ0) is 20.7. The average Bonchev–Trinajstić information content (AvgIpc) is 3.67. The lowest BCUT2D eigenvalue weighted by Gasteiger charge is -2.29. The molecule has 1 aliphatic heterocycles. The van der Waals surface area contributed by atoms with Crippen LogP contribution in [0.1, 0.15) is 47.2 Å². The van der Waals surface area contributed by atoms with Gasteiger partial charge in [0.15, 0.2) is 6.29 Å². The van der Waals surface area contributed by atoms with Crippen LogP contribution in [-0.2, 0) is 16.0 Å². The molecule has 0 atom stereocenters. The van der Waals surface area contributed by atoms with Gasteiger partial charge in [0.25, 0.3) is 5.91 Å². The van der Waals surface area contributed by atoms with E-state index in [1.165, 1.54) is 25.7 Å². The zero-order valence-electron chi connectivity index (χ0n) is 17.6. The predicted octanol–water partition coefficient (Wildman–Crippen LogP) is 3.38. The second-order valence-corrected chi connectivity index (χ2v) is 8.91. The molecule has 6 heteroatoms. The highest BCUT2D eigenvalue weighted by molar-refractivity contribution is 6.05. The molecule has 3 fully saturated rings. The summed E-state index contributed by atoms with van der Waals surface area (Å²) in [5.74, 6) is 6.99. The first-order chi connectivity index (χ1) is 14.5. The van der Waals surface area contributed by atoms with Gasteiger partial charge in [-0.2, -0.15) is 5.10 Å². The molecule has 0 unspecified atom stereocenters. The summed E-state index contributed by atoms with van der Waals surface area (Å²) in [7, 11) is 1.79. The first kappa shape index (κ1) is 19.3. The molecule has 2 heterocycles. The largest absolute Gasteiger partial charge is 0.350 e. The fraction of sp³-hybridized carbons (Fsp3) is 0.500. The van der Waals surface area contributed by atoms with Crippen molar-refractivity contribution >= 4 is 11.6 Å². The van der Waals surface area contributed by atoms with Gasteiger partial charge in [0.2, 0.25) is 0 Å². The molecule has 3 aliphatic rings. The second-order valence-electron chi connectivity index (χ2n) is 8.91. The maximum atomic E-state index is 13.0. The maximum Gasteiger partial charge on any atom is 0.261 e. The van der Waals surface area contributed by atoms with Crippen LogP contribution < -0.4 is 4.90 Å². The molecule has 1 aromatic carbocycles. The first-order valence-electron chi connectivity index (χ1n) is 10.7. The topological polar surface area (TPSA) is 56.6 Å². The maximum absolute atomic E-state index is 13.0. The standard InChI is InChI=1S/C24H27N3O3/c1-17-11-19(6-5-18-3-4-18)7-8-21(17)26(2)23(28)20-12-25-27(13-20)14-22-29-15-24(9-10-24)16-30-22/h7-8,11-13,18,22H,3-4,9-10,14-16H2,1-2H3. The van der Waals surface area contributed by atoms with Gasteiger partial charge in [0.1, 0.15) is 0 Å². The Morgan fingerprint density at radius 1 is 1.30 bits per heavy atom. The molecule has 2 aromatic rings. The molecular weight excluding hydrogens is 378 g/mol. The summed E-state index contributed by atoms with van der Waals surface area (Å²) < 4.78 is 13.4. The number of amides is 1. The first-order valence-corrected chi connectivity index (χ1v) is 10.7. The fourth-order valence-corrected chi connectivity index (χ4v) is 3.75. The number of hydrogen-bond donors (Lipinski definition) is 0. The lowest BCUT2D eigenvalue weighted by Crippen LogP contribution is -2.36. The van der Waals surface area contributed by atoms with Gasteiger partial charge in [0.05, 0.1) is 31.5 Å². The lowest BCUT2D eigenvalue weighted by atomic mass is 10.1. The van der Waals surface area contributed by atoms with Gasteiger partial charge in [0, 0.05) is 35.8 Å². The summed E-state index contributed by atoms with van der Waals surface area (Å²) in [6.45, 7) is 4.01. The van der Waals surface area contributed by atoms with Crippen molar-refractivity contribution in [3.8, 4) is 11.8 Å². The Balaban J connectivity index is 1.23. The summed E-state index contributed by atoms with van der Waals surface area (Å²) >= 11 is 0. The number of benzene rings is 1. The molecule has 1 amide bonds. The van der Waals surface area contributed by atoms with Gasteiger partial charge in [-0.15, -0.1) is 0 Å². The Morgan fingerprint density at radius 3 is 2.73 bits per heavy atom. The van der Waals surface area contributed by atoms with Crippen LogP contribution in [0, 0.1) is 30.1 Å². The summed E-state index contributed by atoms with van der Waals surface area (Å²) in [5, 5.41) is 4.33. The van der Waals surface area contributed by atoms with Gasteiger partial charge < -0.3 is 14.4 Å². The molecule has 30 heavy (non-hydrogen) atoms. The summed E-state index contributed by atoms with van der Waals surface area (Å²) in [5.41, 5.74) is 3.72. The highest BCUT2D eigenvalue weighted by atomic mass is 16.7. The molecule has 0 bridgehead atoms. The van der Waals surface area contributed by atoms with E-state index in [0.717, 1.165) is 30.0 Å². The van der Waals surface area contributed by atoms with E-state index in [2.05, 4.69) is 16.9 Å². The number of anilines is 1. The van der Waals surface area contributed by atoms with Crippen molar-refractivity contribution in [3.63, 3.8) is 0 Å². The molecular formula is C24H27N3O3. The normalized spacial score (nSPS) is 19.9. The van der Waals surface area contributed by atoms with Crippen LogP contribution in [0.5, 0.6) is 0 Å². The minimum Gasteiger partial charge on any atom is -0.350 e. The lowest BCUT2D eigenvalue weighted by molar-refractivity contribution is -0.213. The molecule has 0 radical (unpaired) electrons. The number of aryl methyl sites for hydroxylation is 1. The molecule has 0 N–H and O–H groups in total. The van der Waals surface area contributed by atoms with Crippen molar-refractivity contribution < 1.29 is 14.3 Å². The van der Waals surface area contributed by atoms with Crippen LogP contribution in [0.4, 0.5) is 5.69 Å². The monoisotopic (exact) mass is 405 g/mol. The van der Waals surface area contributed by atoms with Crippen molar-refractivity contribution in [2.45, 2.75) is 45.4 Å². The van der Waals surface area contributed by atoms with Crippen molar-refractivity contribution in [1.82, 2.24) is 9.78 Å². The Kier molecular flexibility index (Phi) is 4.88. The molecule has 5 rings (SSSR count). The van der Waals surface area contributed by atoms with Gasteiger partial charge >= 0.3 is 0 Å². The Morgan fingerprint density at radius 2 is 2.07 bits per heavy atom. The molecule has 1 saturated heterocycles. The highest BCUT2D eigenvalue weighted by Gasteiger charge is 2.46. The Labute approximate surface area is 177 Å². The minimum absolute atomic E-state index is 0.0939. The third kappa shape index (κ3) is 4.14. The van der Waals surface area contributed by atoms with E-state index in [-0.39, 0.29) is 17.6 Å². The van der Waals surface area contributed by atoms with E-state index in [0.29, 0.717) is 18.0 Å². The minimum atomic E-state index is -0.302. The Hall–Kier alpha value is -2.62. The van der Waals surface area contributed by atoms with Crippen LogP contribution >= 0.6 is 0 Å². The number of rotatable bonds is 4. The third-order valence-electron chi connectivity index (χ3n) is 6.19. The molecule has 1 aromatic heterocycles. The Bertz CT molecular complexity index is 1010. The van der Waals surface area contributed by atoms with E-state index in [4.69, 9.17) is 9.47 Å². The number of hydrogen-bond acceptors (Lipinski definition) is 4. The number of carbonyl (C=O) groups is 1. The van der Waals surface area contributed by atoms with Crippen molar-refractivity contribution in [2.24, 2.45) is 11.3 Å². The average molecular weight is 405 g/mol. The number of ether oxygens (including phenoxy) is 2. The van der Waals surface area contributed by atoms with Gasteiger partial charge in [-0.3, -0.25) is 9.48 Å². The highest BCUT2D eigenvalue weighted by Crippen LogP contribution is 2.48. The van der Waals surface area contributed by atoms with E-state index in [1.807, 2.05) is 25.1 Å². The summed E-state index contributed by atoms with van der Waals surface area (Å²) in [4.78, 5) is 14.7. The van der Waals surface area contributed by atoms with Crippen LogP contribution in [0.3, 0.4) is 0 Å². The number of nitrogens with zero attached hydrogens (tertiary/aromatic N) is 3. The van der Waals surface area contributed by atoms with E-state index < -0.39 is 0 Å². The summed E-state index contributed by atoms with van der Waals surface area (Å²) in [6, 6.07) is 5.99. The SMILES string of the molecule is Cc1cc(C#CC2CC2)ccc1N(C)C(=O)c1cnn(CC2OCC3(CC3)CO2)c1. The van der Waals surface area contributed by atoms with Crippen molar-refractivity contribution in [3.05, 3.63) is 47.3 Å². The van der Waals surface area contributed by atoms with Gasteiger partial charge in [-0.05, 0) is 56.4 Å². The molecule has 6 nitrogen and oxygen atoms in total. The van der Waals surface area contributed by atoms with E-state index >= 15 is 0 Å². The quantitative estimate of drug-likeness (QED) is 0.732. The van der Waals surface area contributed by atoms with Gasteiger partial charge in [-0.1, -0.05) is 11.8 Å². The summed E-state index contributed by atoms with van der Waals surface area (Å²) in [6.07, 6.45) is 7.89. The number of aromatic nitrogens is 2. The van der Waals surface area contributed by atoms with E-state index in [9.17, 15) is 4.79 Å². The zero-order valence-corrected chi connectivity index (χ0v) is 17.6.